The Balaban J connectivity index is 1.83. The van der Waals surface area contributed by atoms with Crippen LogP contribution in [0.4, 0.5) is 4.79 Å². The third kappa shape index (κ3) is 4.21. The zero-order valence-electron chi connectivity index (χ0n) is 13.6. The van der Waals surface area contributed by atoms with Crippen molar-refractivity contribution in [2.75, 3.05) is 27.2 Å². The zero-order valence-corrected chi connectivity index (χ0v) is 13.6. The highest BCUT2D eigenvalue weighted by molar-refractivity contribution is 5.73. The number of piperidine rings is 1. The third-order valence-corrected chi connectivity index (χ3v) is 4.21. The Morgan fingerprint density at radius 3 is 2.33 bits per heavy atom. The smallest absolute Gasteiger partial charge is 0.319 e. The second kappa shape index (κ2) is 6.94. The van der Waals surface area contributed by atoms with E-state index in [0.29, 0.717) is 12.1 Å². The maximum absolute atomic E-state index is 11.9. The SMILES string of the molecule is Cc1ccc([C@@H](C)NC2CCN(C(=O)N(C)C)CC2)cc1. The molecule has 0 aliphatic carbocycles. The number of amides is 2. The lowest BCUT2D eigenvalue weighted by Crippen LogP contribution is -2.48. The second-order valence-corrected chi connectivity index (χ2v) is 6.24. The highest BCUT2D eigenvalue weighted by Crippen LogP contribution is 2.18. The molecule has 1 atom stereocenters. The molecule has 1 aromatic carbocycles. The monoisotopic (exact) mass is 289 g/mol. The molecular weight excluding hydrogens is 262 g/mol. The minimum absolute atomic E-state index is 0.125. The molecule has 21 heavy (non-hydrogen) atoms. The van der Waals surface area contributed by atoms with E-state index >= 15 is 0 Å². The predicted molar refractivity (Wildman–Crippen MR) is 86.4 cm³/mol. The van der Waals surface area contributed by atoms with E-state index in [1.807, 2.05) is 19.0 Å². The summed E-state index contributed by atoms with van der Waals surface area (Å²) < 4.78 is 0. The summed E-state index contributed by atoms with van der Waals surface area (Å²) in [7, 11) is 3.62. The van der Waals surface area contributed by atoms with Gasteiger partial charge in [-0.3, -0.25) is 0 Å². The fraction of sp³-hybridized carbons (Fsp3) is 0.588. The number of nitrogens with one attached hydrogen (secondary N) is 1. The lowest BCUT2D eigenvalue weighted by atomic mass is 10.0. The van der Waals surface area contributed by atoms with Gasteiger partial charge in [0.25, 0.3) is 0 Å². The zero-order chi connectivity index (χ0) is 15.4. The van der Waals surface area contributed by atoms with Crippen LogP contribution in [0.25, 0.3) is 0 Å². The van der Waals surface area contributed by atoms with Gasteiger partial charge in [-0.15, -0.1) is 0 Å². The summed E-state index contributed by atoms with van der Waals surface area (Å²) in [5.41, 5.74) is 2.62. The summed E-state index contributed by atoms with van der Waals surface area (Å²) in [4.78, 5) is 15.5. The molecule has 4 heteroatoms. The summed E-state index contributed by atoms with van der Waals surface area (Å²) in [6.45, 7) is 6.01. The van der Waals surface area contributed by atoms with Crippen molar-refractivity contribution in [3.8, 4) is 0 Å². The van der Waals surface area contributed by atoms with Gasteiger partial charge >= 0.3 is 6.03 Å². The van der Waals surface area contributed by atoms with Gasteiger partial charge < -0.3 is 15.1 Å². The van der Waals surface area contributed by atoms with Crippen LogP contribution in [0.15, 0.2) is 24.3 Å². The molecule has 1 aliphatic heterocycles. The number of hydrogen-bond donors (Lipinski definition) is 1. The highest BCUT2D eigenvalue weighted by atomic mass is 16.2. The van der Waals surface area contributed by atoms with Crippen molar-refractivity contribution < 1.29 is 4.79 Å². The molecule has 116 valence electrons. The number of aryl methyl sites for hydroxylation is 1. The van der Waals surface area contributed by atoms with Gasteiger partial charge in [-0.05, 0) is 32.3 Å². The van der Waals surface area contributed by atoms with E-state index in [2.05, 4.69) is 43.4 Å². The molecule has 0 aromatic heterocycles. The summed E-state index contributed by atoms with van der Waals surface area (Å²) in [6, 6.07) is 9.67. The van der Waals surface area contributed by atoms with Crippen molar-refractivity contribution in [3.05, 3.63) is 35.4 Å². The first-order valence-corrected chi connectivity index (χ1v) is 7.76. The van der Waals surface area contributed by atoms with Crippen LogP contribution in [0.2, 0.25) is 0 Å². The Bertz CT molecular complexity index is 461. The lowest BCUT2D eigenvalue weighted by molar-refractivity contribution is 0.151. The van der Waals surface area contributed by atoms with E-state index in [0.717, 1.165) is 25.9 Å². The molecule has 0 spiro atoms. The number of urea groups is 1. The number of nitrogens with zero attached hydrogens (tertiary/aromatic N) is 2. The predicted octanol–water partition coefficient (Wildman–Crippen LogP) is 2.79. The Morgan fingerprint density at radius 1 is 1.24 bits per heavy atom. The van der Waals surface area contributed by atoms with Gasteiger partial charge in [-0.1, -0.05) is 29.8 Å². The lowest BCUT2D eigenvalue weighted by Gasteiger charge is -2.35. The molecule has 1 heterocycles. The molecule has 2 amide bonds. The van der Waals surface area contributed by atoms with Crippen molar-refractivity contribution in [2.24, 2.45) is 0 Å². The van der Waals surface area contributed by atoms with Gasteiger partial charge in [0.1, 0.15) is 0 Å². The first-order chi connectivity index (χ1) is 9.97. The molecule has 4 nitrogen and oxygen atoms in total. The number of carbonyl (C=O) groups excluding carboxylic acids is 1. The fourth-order valence-corrected chi connectivity index (χ4v) is 2.83. The molecule has 1 N–H and O–H groups in total. The molecule has 0 saturated carbocycles. The topological polar surface area (TPSA) is 35.6 Å². The average Bonchev–Trinajstić information content (AvgIpc) is 2.47. The first kappa shape index (κ1) is 15.8. The third-order valence-electron chi connectivity index (χ3n) is 4.21. The number of benzene rings is 1. The van der Waals surface area contributed by atoms with Crippen LogP contribution in [0, 0.1) is 6.92 Å². The van der Waals surface area contributed by atoms with Crippen LogP contribution in [-0.2, 0) is 0 Å². The molecule has 1 saturated heterocycles. The van der Waals surface area contributed by atoms with Gasteiger partial charge in [0.05, 0.1) is 0 Å². The van der Waals surface area contributed by atoms with Crippen molar-refractivity contribution in [3.63, 3.8) is 0 Å². The van der Waals surface area contributed by atoms with E-state index in [9.17, 15) is 4.79 Å². The summed E-state index contributed by atoms with van der Waals surface area (Å²) in [5, 5.41) is 3.69. The Morgan fingerprint density at radius 2 is 1.81 bits per heavy atom. The summed E-state index contributed by atoms with van der Waals surface area (Å²) in [6.07, 6.45) is 2.05. The molecule has 0 radical (unpaired) electrons. The van der Waals surface area contributed by atoms with Gasteiger partial charge in [0.2, 0.25) is 0 Å². The minimum atomic E-state index is 0.125. The van der Waals surface area contributed by atoms with E-state index < -0.39 is 0 Å². The standard InChI is InChI=1S/C17H27N3O/c1-13-5-7-15(8-6-13)14(2)18-16-9-11-20(12-10-16)17(21)19(3)4/h5-8,14,16,18H,9-12H2,1-4H3/t14-/m1/s1. The molecule has 1 aromatic rings. The van der Waals surface area contributed by atoms with E-state index in [1.54, 1.807) is 4.90 Å². The van der Waals surface area contributed by atoms with E-state index in [4.69, 9.17) is 0 Å². The molecule has 1 aliphatic rings. The van der Waals surface area contributed by atoms with E-state index in [-0.39, 0.29) is 6.03 Å². The normalized spacial score (nSPS) is 17.6. The van der Waals surface area contributed by atoms with Crippen molar-refractivity contribution in [1.29, 1.82) is 0 Å². The quantitative estimate of drug-likeness (QED) is 0.928. The van der Waals surface area contributed by atoms with Crippen LogP contribution in [0.3, 0.4) is 0 Å². The summed E-state index contributed by atoms with van der Waals surface area (Å²) in [5.74, 6) is 0. The number of likely N-dealkylation sites (tertiary alicyclic amines) is 1. The molecule has 1 fully saturated rings. The Kier molecular flexibility index (Phi) is 5.23. The molecular formula is C17H27N3O. The van der Waals surface area contributed by atoms with Crippen molar-refractivity contribution >= 4 is 6.03 Å². The van der Waals surface area contributed by atoms with Gasteiger partial charge in [0.15, 0.2) is 0 Å². The van der Waals surface area contributed by atoms with Crippen LogP contribution >= 0.6 is 0 Å². The maximum atomic E-state index is 11.9. The van der Waals surface area contributed by atoms with E-state index in [1.165, 1.54) is 11.1 Å². The van der Waals surface area contributed by atoms with Gasteiger partial charge in [-0.25, -0.2) is 4.79 Å². The van der Waals surface area contributed by atoms with Crippen molar-refractivity contribution in [2.45, 2.75) is 38.8 Å². The highest BCUT2D eigenvalue weighted by Gasteiger charge is 2.24. The fourth-order valence-electron chi connectivity index (χ4n) is 2.83. The number of carbonyl (C=O) groups is 1. The molecule has 0 bridgehead atoms. The summed E-state index contributed by atoms with van der Waals surface area (Å²) >= 11 is 0. The molecule has 2 rings (SSSR count). The van der Waals surface area contributed by atoms with Gasteiger partial charge in [-0.2, -0.15) is 0 Å². The minimum Gasteiger partial charge on any atom is -0.331 e. The van der Waals surface area contributed by atoms with Crippen LogP contribution in [-0.4, -0.2) is 49.1 Å². The number of hydrogen-bond acceptors (Lipinski definition) is 2. The number of rotatable bonds is 3. The molecule has 0 unspecified atom stereocenters. The average molecular weight is 289 g/mol. The van der Waals surface area contributed by atoms with Crippen molar-refractivity contribution in [1.82, 2.24) is 15.1 Å². The van der Waals surface area contributed by atoms with Gasteiger partial charge in [0, 0.05) is 39.3 Å². The van der Waals surface area contributed by atoms with Crippen LogP contribution < -0.4 is 5.32 Å². The maximum Gasteiger partial charge on any atom is 0.319 e. The first-order valence-electron chi connectivity index (χ1n) is 7.76. The van der Waals surface area contributed by atoms with Crippen LogP contribution in [0.5, 0.6) is 0 Å². The Labute approximate surface area is 128 Å². The second-order valence-electron chi connectivity index (χ2n) is 6.24. The van der Waals surface area contributed by atoms with Crippen LogP contribution in [0.1, 0.15) is 36.9 Å². The Hall–Kier alpha value is -1.55. The largest absolute Gasteiger partial charge is 0.331 e.